The molecule has 0 spiro atoms. The van der Waals surface area contributed by atoms with Gasteiger partial charge in [-0.2, -0.15) is 0 Å². The number of hydrogen-bond acceptors (Lipinski definition) is 5. The topological polar surface area (TPSA) is 0 Å². The second kappa shape index (κ2) is 17.6. The van der Waals surface area contributed by atoms with E-state index in [2.05, 4.69) is 113 Å². The Kier molecular flexibility index (Phi) is 13.7. The summed E-state index contributed by atoms with van der Waals surface area (Å²) in [7, 11) is 0. The third kappa shape index (κ3) is 9.56. The normalized spacial score (nSPS) is 14.0. The number of benzene rings is 1. The summed E-state index contributed by atoms with van der Waals surface area (Å²) in [5.74, 6) is 2.17. The lowest BCUT2D eigenvalue weighted by molar-refractivity contribution is 0.429. The summed E-state index contributed by atoms with van der Waals surface area (Å²) in [6, 6.07) is 12.1. The first-order chi connectivity index (χ1) is 26.0. The van der Waals surface area contributed by atoms with Crippen LogP contribution in [0.3, 0.4) is 0 Å². The molecule has 0 amide bonds. The summed E-state index contributed by atoms with van der Waals surface area (Å²) in [5.41, 5.74) is 2.28. The van der Waals surface area contributed by atoms with Crippen molar-refractivity contribution < 1.29 is 4.39 Å². The Morgan fingerprint density at radius 2 is 1.51 bits per heavy atom. The van der Waals surface area contributed by atoms with E-state index >= 15 is 4.39 Å². The van der Waals surface area contributed by atoms with Crippen LogP contribution < -0.4 is 0 Å². The van der Waals surface area contributed by atoms with Crippen molar-refractivity contribution in [2.45, 2.75) is 158 Å². The number of thiophene rings is 5. The third-order valence-corrected chi connectivity index (χ3v) is 18.4. The fourth-order valence-corrected chi connectivity index (χ4v) is 14.5. The van der Waals surface area contributed by atoms with Gasteiger partial charge in [0.1, 0.15) is 5.82 Å². The molecule has 0 saturated carbocycles. The van der Waals surface area contributed by atoms with Gasteiger partial charge in [-0.1, -0.05) is 134 Å². The van der Waals surface area contributed by atoms with E-state index in [-0.39, 0.29) is 16.6 Å². The van der Waals surface area contributed by atoms with Gasteiger partial charge in [-0.25, -0.2) is 4.39 Å². The van der Waals surface area contributed by atoms with Crippen molar-refractivity contribution in [2.24, 2.45) is 17.8 Å². The van der Waals surface area contributed by atoms with Crippen LogP contribution in [0.25, 0.3) is 56.0 Å². The second-order valence-electron chi connectivity index (χ2n) is 18.8. The smallest absolute Gasteiger partial charge is 0.150 e. The molecular weight excluding hydrogens is 768 g/mol. The van der Waals surface area contributed by atoms with Crippen LogP contribution in [0.1, 0.15) is 160 Å². The molecule has 0 aliphatic rings. The van der Waals surface area contributed by atoms with Crippen LogP contribution in [0, 0.1) is 23.6 Å². The molecule has 0 saturated heterocycles. The third-order valence-electron chi connectivity index (χ3n) is 11.4. The molecule has 2 atom stereocenters. The Morgan fingerprint density at radius 1 is 0.764 bits per heavy atom. The Hall–Kier alpha value is -1.83. The van der Waals surface area contributed by atoms with E-state index in [9.17, 15) is 0 Å². The highest BCUT2D eigenvalue weighted by Gasteiger charge is 2.30. The highest BCUT2D eigenvalue weighted by atomic mass is 32.1. The summed E-state index contributed by atoms with van der Waals surface area (Å²) < 4.78 is 20.6. The van der Waals surface area contributed by atoms with E-state index in [1.165, 1.54) is 108 Å². The quantitative estimate of drug-likeness (QED) is 0.0859. The number of rotatable bonds is 17. The molecule has 6 aromatic rings. The first-order valence-electron chi connectivity index (χ1n) is 21.0. The standard InChI is InChI=1S/C49H65FS5/c1-13-15-22-32(14-2)25-34-23-24-36(51-34)40-35-28-38(52-37(35)26-33-27-39(48(7,8)9)53-44(33)40)45-46-41(47(55-45)49(10,11)12)42(50)43(54-46)31(6)21-17-20-30(5)19-16-18-29(3)4/h23-24,26-30,32H,6,13-22,25H2,1-5,7-12H3. The molecular formula is C49H65FS5. The van der Waals surface area contributed by atoms with E-state index < -0.39 is 0 Å². The largest absolute Gasteiger partial charge is 0.205 e. The van der Waals surface area contributed by atoms with Gasteiger partial charge in [0.25, 0.3) is 0 Å². The zero-order chi connectivity index (χ0) is 39.8. The predicted octanol–water partition coefficient (Wildman–Crippen LogP) is 18.9. The minimum atomic E-state index is -0.165. The van der Waals surface area contributed by atoms with Gasteiger partial charge in [0.05, 0.1) is 14.5 Å². The minimum Gasteiger partial charge on any atom is -0.205 e. The van der Waals surface area contributed by atoms with Crippen LogP contribution in [0.15, 0.2) is 36.9 Å². The van der Waals surface area contributed by atoms with Crippen molar-refractivity contribution in [3.63, 3.8) is 0 Å². The highest BCUT2D eigenvalue weighted by molar-refractivity contribution is 7.31. The van der Waals surface area contributed by atoms with Crippen molar-refractivity contribution in [3.8, 4) is 20.2 Å². The van der Waals surface area contributed by atoms with Gasteiger partial charge in [-0.15, -0.1) is 56.7 Å². The molecule has 0 bridgehead atoms. The lowest BCUT2D eigenvalue weighted by Gasteiger charge is -2.16. The van der Waals surface area contributed by atoms with Crippen LogP contribution in [0.4, 0.5) is 4.39 Å². The summed E-state index contributed by atoms with van der Waals surface area (Å²) >= 11 is 9.32. The Bertz CT molecular complexity index is 2230. The first kappa shape index (κ1) is 42.8. The van der Waals surface area contributed by atoms with Crippen molar-refractivity contribution in [1.29, 1.82) is 0 Å². The van der Waals surface area contributed by atoms with E-state index in [0.29, 0.717) is 5.92 Å². The second-order valence-corrected chi connectivity index (χ2v) is 24.2. The average molecular weight is 833 g/mol. The highest BCUT2D eigenvalue weighted by Crippen LogP contribution is 2.54. The molecule has 0 nitrogen and oxygen atoms in total. The van der Waals surface area contributed by atoms with Gasteiger partial charge in [-0.05, 0) is 89.1 Å². The zero-order valence-electron chi connectivity index (χ0n) is 35.5. The summed E-state index contributed by atoms with van der Waals surface area (Å²) in [4.78, 5) is 8.71. The van der Waals surface area contributed by atoms with Gasteiger partial charge in [0.2, 0.25) is 0 Å². The molecule has 5 aromatic heterocycles. The molecule has 5 heterocycles. The molecule has 0 radical (unpaired) electrons. The van der Waals surface area contributed by atoms with Gasteiger partial charge in [0, 0.05) is 50.1 Å². The van der Waals surface area contributed by atoms with Crippen molar-refractivity contribution in [3.05, 3.63) is 62.2 Å². The Labute approximate surface area is 352 Å². The molecule has 1 aromatic carbocycles. The molecule has 2 unspecified atom stereocenters. The lowest BCUT2D eigenvalue weighted by atomic mass is 9.92. The van der Waals surface area contributed by atoms with Gasteiger partial charge in [0.15, 0.2) is 0 Å². The molecule has 6 rings (SSSR count). The Balaban J connectivity index is 1.40. The fraction of sp³-hybridized carbons (Fsp3) is 0.551. The maximum Gasteiger partial charge on any atom is 0.150 e. The summed E-state index contributed by atoms with van der Waals surface area (Å²) in [6.07, 6.45) is 13.3. The SMILES string of the molecule is C=C(CCCC(C)CCCC(C)C)c1sc2c(-c3cc4c(-c5ccc(CC(CC)CCCC)s5)c5sc(C(C)(C)C)cc5cc4s3)sc(C(C)(C)C)c2c1F. The summed E-state index contributed by atoms with van der Waals surface area (Å²) in [6.45, 7) is 29.8. The van der Waals surface area contributed by atoms with Crippen LogP contribution in [-0.2, 0) is 17.3 Å². The maximum atomic E-state index is 16.7. The first-order valence-corrected chi connectivity index (χ1v) is 25.1. The number of unbranched alkanes of at least 4 members (excludes halogenated alkanes) is 1. The van der Waals surface area contributed by atoms with Crippen LogP contribution >= 0.6 is 56.7 Å². The minimum absolute atomic E-state index is 0.0464. The number of hydrogen-bond donors (Lipinski definition) is 0. The van der Waals surface area contributed by atoms with Crippen molar-refractivity contribution in [1.82, 2.24) is 0 Å². The van der Waals surface area contributed by atoms with Gasteiger partial charge in [-0.3, -0.25) is 0 Å². The monoisotopic (exact) mass is 832 g/mol. The molecule has 0 N–H and O–H groups in total. The molecule has 0 aliphatic heterocycles. The van der Waals surface area contributed by atoms with Crippen molar-refractivity contribution >= 4 is 92.5 Å². The molecule has 55 heavy (non-hydrogen) atoms. The number of allylic oxidation sites excluding steroid dienone is 1. The van der Waals surface area contributed by atoms with Crippen LogP contribution in [0.5, 0.6) is 0 Å². The van der Waals surface area contributed by atoms with E-state index in [1.807, 2.05) is 45.3 Å². The number of halogens is 1. The van der Waals surface area contributed by atoms with Gasteiger partial charge < -0.3 is 0 Å². The van der Waals surface area contributed by atoms with Crippen LogP contribution in [0.2, 0.25) is 0 Å². The molecule has 0 fully saturated rings. The summed E-state index contributed by atoms with van der Waals surface area (Å²) in [5, 5.41) is 3.52. The number of fused-ring (bicyclic) bond motifs is 3. The van der Waals surface area contributed by atoms with E-state index in [1.54, 1.807) is 11.3 Å². The van der Waals surface area contributed by atoms with Crippen LogP contribution in [-0.4, -0.2) is 0 Å². The fourth-order valence-electron chi connectivity index (χ4n) is 7.94. The lowest BCUT2D eigenvalue weighted by Crippen LogP contribution is -2.09. The average Bonchev–Trinajstić information content (AvgIpc) is 3.93. The van der Waals surface area contributed by atoms with Crippen molar-refractivity contribution in [2.75, 3.05) is 0 Å². The Morgan fingerprint density at radius 3 is 2.18 bits per heavy atom. The predicted molar refractivity (Wildman–Crippen MR) is 254 cm³/mol. The maximum absolute atomic E-state index is 16.7. The van der Waals surface area contributed by atoms with E-state index in [0.717, 1.165) is 50.1 Å². The van der Waals surface area contributed by atoms with Gasteiger partial charge >= 0.3 is 0 Å². The molecule has 298 valence electrons. The molecule has 6 heteroatoms. The zero-order valence-corrected chi connectivity index (χ0v) is 39.6. The molecule has 0 aliphatic carbocycles. The van der Waals surface area contributed by atoms with E-state index in [4.69, 9.17) is 0 Å².